The Kier molecular flexibility index (Phi) is 13.6. The minimum Gasteiger partial charge on any atom is -0.457 e. The normalized spacial score (nSPS) is 11.0. The van der Waals surface area contributed by atoms with Crippen LogP contribution in [0.1, 0.15) is 84.4 Å². The van der Waals surface area contributed by atoms with E-state index in [1.165, 1.54) is 22.3 Å². The number of benzene rings is 5. The Morgan fingerprint density at radius 3 is 1.39 bits per heavy atom. The minimum atomic E-state index is -0.166. The van der Waals surface area contributed by atoms with Crippen LogP contribution in [0.3, 0.4) is 0 Å². The summed E-state index contributed by atoms with van der Waals surface area (Å²) < 4.78 is 12.2. The molecule has 0 spiro atoms. The zero-order valence-corrected chi connectivity index (χ0v) is 35.7. The van der Waals surface area contributed by atoms with E-state index in [2.05, 4.69) is 104 Å². The molecule has 0 aliphatic carbocycles. The lowest BCUT2D eigenvalue weighted by Crippen LogP contribution is -2.18. The van der Waals surface area contributed by atoms with Crippen LogP contribution in [0.5, 0.6) is 23.0 Å². The molecule has 0 atom stereocenters. The van der Waals surface area contributed by atoms with Gasteiger partial charge in [-0.25, -0.2) is 34.9 Å². The van der Waals surface area contributed by atoms with E-state index in [0.717, 1.165) is 82.2 Å². The maximum absolute atomic E-state index is 6.12. The van der Waals surface area contributed by atoms with Gasteiger partial charge in [-0.3, -0.25) is 0 Å². The molecule has 0 saturated carbocycles. The number of aromatic nitrogens is 7. The number of nitrogens with zero attached hydrogens (tertiary/aromatic N) is 7. The first-order valence-corrected chi connectivity index (χ1v) is 20.7. The summed E-state index contributed by atoms with van der Waals surface area (Å²) in [7, 11) is 0. The molecule has 0 N–H and O–H groups in total. The smallest absolute Gasteiger partial charge is 0.163 e. The van der Waals surface area contributed by atoms with Crippen molar-refractivity contribution in [1.29, 1.82) is 0 Å². The van der Waals surface area contributed by atoms with Gasteiger partial charge in [-0.15, -0.1) is 0 Å². The van der Waals surface area contributed by atoms with Crippen molar-refractivity contribution in [2.75, 3.05) is 0 Å². The van der Waals surface area contributed by atoms with Crippen LogP contribution in [0.15, 0.2) is 152 Å². The molecule has 0 aliphatic rings. The van der Waals surface area contributed by atoms with Crippen LogP contribution < -0.4 is 9.47 Å². The van der Waals surface area contributed by atoms with E-state index < -0.39 is 0 Å². The van der Waals surface area contributed by atoms with Gasteiger partial charge in [0.25, 0.3) is 0 Å². The lowest BCUT2D eigenvalue weighted by molar-refractivity contribution is 0.481. The van der Waals surface area contributed by atoms with Gasteiger partial charge < -0.3 is 9.47 Å². The Labute approximate surface area is 359 Å². The average Bonchev–Trinajstić information content (AvgIpc) is 3.28. The molecular weight excluding hydrogens is 755 g/mol. The highest BCUT2D eigenvalue weighted by Gasteiger charge is 2.23. The van der Waals surface area contributed by atoms with Crippen molar-refractivity contribution in [1.82, 2.24) is 34.9 Å². The molecule has 0 amide bonds. The number of aryl methyl sites for hydroxylation is 4. The van der Waals surface area contributed by atoms with Gasteiger partial charge in [0.2, 0.25) is 0 Å². The fourth-order valence-electron chi connectivity index (χ4n) is 6.79. The molecular formula is C52H51N7O2. The van der Waals surface area contributed by atoms with Gasteiger partial charge in [0, 0.05) is 40.9 Å². The maximum Gasteiger partial charge on any atom is 0.163 e. The predicted octanol–water partition coefficient (Wildman–Crippen LogP) is 11.6. The molecule has 9 heteroatoms. The SMILES string of the molecule is CCc1ccc(Oc2ccc(C(C)(C)c3ccc(Oc4ccc(Cc5cc(C)ncn5)cc4)cc3)cc2)cc1.CCc1nc(Cc2cc(C)ncn2)nc(-c2ccccc2)n1. The number of hydrogen-bond donors (Lipinski definition) is 0. The molecule has 0 radical (unpaired) electrons. The first-order chi connectivity index (χ1) is 29.6. The molecule has 3 aromatic heterocycles. The Morgan fingerprint density at radius 1 is 0.459 bits per heavy atom. The second kappa shape index (κ2) is 19.7. The van der Waals surface area contributed by atoms with Crippen molar-refractivity contribution in [3.05, 3.63) is 209 Å². The van der Waals surface area contributed by atoms with Crippen molar-refractivity contribution in [3.63, 3.8) is 0 Å². The first-order valence-electron chi connectivity index (χ1n) is 20.7. The van der Waals surface area contributed by atoms with Crippen LogP contribution in [0, 0.1) is 13.8 Å². The van der Waals surface area contributed by atoms with Crippen LogP contribution in [0.2, 0.25) is 0 Å². The van der Waals surface area contributed by atoms with Gasteiger partial charge in [0.1, 0.15) is 47.3 Å². The van der Waals surface area contributed by atoms with E-state index in [1.807, 2.05) is 112 Å². The summed E-state index contributed by atoms with van der Waals surface area (Å²) in [5.41, 5.74) is 9.61. The summed E-state index contributed by atoms with van der Waals surface area (Å²) in [5, 5.41) is 0. The number of rotatable bonds is 13. The van der Waals surface area contributed by atoms with E-state index in [0.29, 0.717) is 12.2 Å². The zero-order chi connectivity index (χ0) is 42.6. The third kappa shape index (κ3) is 11.5. The number of ether oxygens (including phenoxy) is 2. The summed E-state index contributed by atoms with van der Waals surface area (Å²) >= 11 is 0. The summed E-state index contributed by atoms with van der Waals surface area (Å²) in [6.07, 6.45) is 6.34. The fraction of sp³-hybridized carbons (Fsp3) is 0.212. The summed E-state index contributed by atoms with van der Waals surface area (Å²) in [4.78, 5) is 30.6. The molecule has 3 heterocycles. The average molecular weight is 806 g/mol. The molecule has 0 bridgehead atoms. The molecule has 8 rings (SSSR count). The summed E-state index contributed by atoms with van der Waals surface area (Å²) in [6.45, 7) is 12.6. The lowest BCUT2D eigenvalue weighted by Gasteiger charge is -2.26. The molecule has 0 saturated heterocycles. The zero-order valence-electron chi connectivity index (χ0n) is 35.7. The van der Waals surface area contributed by atoms with Crippen molar-refractivity contribution in [2.24, 2.45) is 0 Å². The van der Waals surface area contributed by atoms with Gasteiger partial charge >= 0.3 is 0 Å². The molecule has 306 valence electrons. The van der Waals surface area contributed by atoms with Crippen LogP contribution in [0.4, 0.5) is 0 Å². The molecule has 0 unspecified atom stereocenters. The molecule has 9 nitrogen and oxygen atoms in total. The van der Waals surface area contributed by atoms with Crippen LogP contribution in [-0.2, 0) is 31.1 Å². The monoisotopic (exact) mass is 805 g/mol. The first kappa shape index (κ1) is 42.0. The quantitative estimate of drug-likeness (QED) is 0.112. The molecule has 0 fully saturated rings. The standard InChI is InChI=1S/C35H34N2O2.C17H17N5/c1-5-26-6-14-31(15-7-26)38-33-18-10-28(11-19-33)35(3,4)29-12-20-34(21-13-29)39-32-16-8-27(9-17-32)23-30-22-25(2)36-24-37-30;1-3-15-20-16(10-14-9-12(2)18-11-19-14)22-17(21-15)13-7-5-4-6-8-13/h6-22,24H,5,23H2,1-4H3;4-9,11H,3,10H2,1-2H3. The van der Waals surface area contributed by atoms with Crippen LogP contribution in [0.25, 0.3) is 11.4 Å². The van der Waals surface area contributed by atoms with Crippen LogP contribution in [-0.4, -0.2) is 34.9 Å². The van der Waals surface area contributed by atoms with E-state index in [-0.39, 0.29) is 5.41 Å². The van der Waals surface area contributed by atoms with Crippen molar-refractivity contribution in [2.45, 2.75) is 72.6 Å². The molecule has 0 aliphatic heterocycles. The highest BCUT2D eigenvalue weighted by atomic mass is 16.5. The Balaban J connectivity index is 0.000000215. The van der Waals surface area contributed by atoms with E-state index >= 15 is 0 Å². The Morgan fingerprint density at radius 2 is 0.918 bits per heavy atom. The van der Waals surface area contributed by atoms with E-state index in [4.69, 9.17) is 9.47 Å². The highest BCUT2D eigenvalue weighted by molar-refractivity contribution is 5.54. The van der Waals surface area contributed by atoms with Crippen molar-refractivity contribution < 1.29 is 9.47 Å². The van der Waals surface area contributed by atoms with Crippen molar-refractivity contribution >= 4 is 0 Å². The Hall–Kier alpha value is -7.13. The minimum absolute atomic E-state index is 0.166. The largest absolute Gasteiger partial charge is 0.457 e. The maximum atomic E-state index is 6.12. The van der Waals surface area contributed by atoms with Gasteiger partial charge in [-0.1, -0.05) is 107 Å². The second-order valence-electron chi connectivity index (χ2n) is 15.4. The lowest BCUT2D eigenvalue weighted by atomic mass is 9.78. The fourth-order valence-corrected chi connectivity index (χ4v) is 6.79. The number of hydrogen-bond acceptors (Lipinski definition) is 9. The van der Waals surface area contributed by atoms with Crippen LogP contribution >= 0.6 is 0 Å². The van der Waals surface area contributed by atoms with Crippen molar-refractivity contribution in [3.8, 4) is 34.4 Å². The predicted molar refractivity (Wildman–Crippen MR) is 241 cm³/mol. The third-order valence-corrected chi connectivity index (χ3v) is 10.4. The highest BCUT2D eigenvalue weighted by Crippen LogP contribution is 2.35. The van der Waals surface area contributed by atoms with Gasteiger partial charge in [-0.05, 0) is 103 Å². The summed E-state index contributed by atoms with van der Waals surface area (Å²) in [6, 6.07) is 47.1. The third-order valence-electron chi connectivity index (χ3n) is 10.4. The molecule has 5 aromatic carbocycles. The van der Waals surface area contributed by atoms with E-state index in [9.17, 15) is 0 Å². The van der Waals surface area contributed by atoms with Gasteiger partial charge in [-0.2, -0.15) is 0 Å². The Bertz CT molecular complexity index is 2630. The summed E-state index contributed by atoms with van der Waals surface area (Å²) in [5.74, 6) is 5.56. The molecule has 8 aromatic rings. The molecule has 61 heavy (non-hydrogen) atoms. The van der Waals surface area contributed by atoms with Gasteiger partial charge in [0.15, 0.2) is 5.82 Å². The van der Waals surface area contributed by atoms with Gasteiger partial charge in [0.05, 0.1) is 12.1 Å². The topological polar surface area (TPSA) is 109 Å². The second-order valence-corrected chi connectivity index (χ2v) is 15.4. The van der Waals surface area contributed by atoms with E-state index in [1.54, 1.807) is 12.7 Å².